The highest BCUT2D eigenvalue weighted by Gasteiger charge is 2.25. The average Bonchev–Trinajstić information content (AvgIpc) is 2.94. The number of aromatic nitrogens is 3. The molecule has 4 aromatic rings. The van der Waals surface area contributed by atoms with Crippen molar-refractivity contribution in [1.82, 2.24) is 20.5 Å². The minimum atomic E-state index is 0.0356. The lowest BCUT2D eigenvalue weighted by Crippen LogP contribution is -2.41. The van der Waals surface area contributed by atoms with E-state index in [1.54, 1.807) is 13.3 Å². The summed E-state index contributed by atoms with van der Waals surface area (Å²) in [6.07, 6.45) is 4.21. The molecule has 1 aliphatic heterocycles. The van der Waals surface area contributed by atoms with E-state index in [4.69, 9.17) is 4.74 Å². The molecule has 1 amide bonds. The Morgan fingerprint density at radius 2 is 1.86 bits per heavy atom. The number of rotatable bonds is 8. The Morgan fingerprint density at radius 3 is 2.61 bits per heavy atom. The Hall–Kier alpha value is -4.20. The van der Waals surface area contributed by atoms with E-state index in [1.807, 2.05) is 66.7 Å². The predicted molar refractivity (Wildman–Crippen MR) is 142 cm³/mol. The molecule has 0 aliphatic carbocycles. The number of nitrogens with one attached hydrogen (secondary N) is 2. The fraction of sp³-hybridized carbons (Fsp3) is 0.286. The summed E-state index contributed by atoms with van der Waals surface area (Å²) < 4.78 is 5.19. The van der Waals surface area contributed by atoms with E-state index < -0.39 is 0 Å². The van der Waals surface area contributed by atoms with Gasteiger partial charge in [-0.2, -0.15) is 0 Å². The summed E-state index contributed by atoms with van der Waals surface area (Å²) in [7, 11) is 1.66. The van der Waals surface area contributed by atoms with Gasteiger partial charge in [-0.1, -0.05) is 18.2 Å². The summed E-state index contributed by atoms with van der Waals surface area (Å²) in [6, 6.07) is 21.8. The van der Waals surface area contributed by atoms with E-state index >= 15 is 0 Å². The van der Waals surface area contributed by atoms with Gasteiger partial charge < -0.3 is 20.3 Å². The molecule has 8 nitrogen and oxygen atoms in total. The molecule has 2 aromatic carbocycles. The summed E-state index contributed by atoms with van der Waals surface area (Å²) in [5.74, 6) is 2.54. The fourth-order valence-corrected chi connectivity index (χ4v) is 4.50. The van der Waals surface area contributed by atoms with Gasteiger partial charge in [-0.25, -0.2) is 0 Å². The molecule has 0 atom stereocenters. The summed E-state index contributed by atoms with van der Waals surface area (Å²) in [5.41, 5.74) is 3.08. The summed E-state index contributed by atoms with van der Waals surface area (Å²) in [5, 5.41) is 16.2. The van der Waals surface area contributed by atoms with E-state index in [2.05, 4.69) is 30.7 Å². The summed E-state index contributed by atoms with van der Waals surface area (Å²) in [6.45, 7) is 2.21. The second-order valence-corrected chi connectivity index (χ2v) is 8.96. The van der Waals surface area contributed by atoms with Crippen molar-refractivity contribution < 1.29 is 9.53 Å². The van der Waals surface area contributed by atoms with Crippen molar-refractivity contribution in [1.29, 1.82) is 0 Å². The molecule has 0 bridgehead atoms. The van der Waals surface area contributed by atoms with Crippen molar-refractivity contribution in [3.05, 3.63) is 78.5 Å². The lowest BCUT2D eigenvalue weighted by molar-refractivity contribution is -0.125. The highest BCUT2D eigenvalue weighted by Crippen LogP contribution is 2.24. The molecule has 8 heteroatoms. The normalized spacial score (nSPS) is 14.0. The van der Waals surface area contributed by atoms with Gasteiger partial charge in [-0.15, -0.1) is 10.2 Å². The largest absolute Gasteiger partial charge is 0.497 e. The molecular weight excluding hydrogens is 452 g/mol. The van der Waals surface area contributed by atoms with Gasteiger partial charge >= 0.3 is 0 Å². The number of pyridine rings is 1. The zero-order valence-corrected chi connectivity index (χ0v) is 20.4. The molecule has 0 spiro atoms. The Morgan fingerprint density at radius 1 is 1.03 bits per heavy atom. The number of hydrogen-bond acceptors (Lipinski definition) is 7. The van der Waals surface area contributed by atoms with Crippen molar-refractivity contribution in [2.24, 2.45) is 5.92 Å². The first-order valence-corrected chi connectivity index (χ1v) is 12.3. The van der Waals surface area contributed by atoms with Gasteiger partial charge in [-0.3, -0.25) is 9.78 Å². The first-order valence-electron chi connectivity index (χ1n) is 12.3. The van der Waals surface area contributed by atoms with Gasteiger partial charge in [-0.05, 0) is 73.4 Å². The maximum Gasteiger partial charge on any atom is 0.223 e. The Bertz CT molecular complexity index is 1300. The third-order valence-electron chi connectivity index (χ3n) is 6.59. The number of carbonyl (C=O) groups excluding carboxylic acids is 1. The van der Waals surface area contributed by atoms with Crippen LogP contribution < -0.4 is 20.3 Å². The van der Waals surface area contributed by atoms with Crippen LogP contribution in [0.2, 0.25) is 0 Å². The molecule has 2 N–H and O–H groups in total. The molecule has 5 rings (SSSR count). The first kappa shape index (κ1) is 23.5. The van der Waals surface area contributed by atoms with Crippen LogP contribution in [0.4, 0.5) is 17.3 Å². The number of nitrogens with zero attached hydrogens (tertiary/aromatic N) is 4. The van der Waals surface area contributed by atoms with Crippen molar-refractivity contribution in [2.75, 3.05) is 37.0 Å². The highest BCUT2D eigenvalue weighted by atomic mass is 16.5. The molecule has 36 heavy (non-hydrogen) atoms. The van der Waals surface area contributed by atoms with Gasteiger partial charge in [0.2, 0.25) is 5.91 Å². The van der Waals surface area contributed by atoms with Crippen LogP contribution in [0.25, 0.3) is 10.9 Å². The first-order chi connectivity index (χ1) is 17.7. The number of fused-ring (bicyclic) bond motifs is 1. The van der Waals surface area contributed by atoms with Gasteiger partial charge in [0, 0.05) is 42.8 Å². The monoisotopic (exact) mass is 482 g/mol. The third kappa shape index (κ3) is 5.71. The number of amides is 1. The van der Waals surface area contributed by atoms with Crippen LogP contribution >= 0.6 is 0 Å². The number of hydrogen-bond donors (Lipinski definition) is 2. The van der Waals surface area contributed by atoms with E-state index in [0.717, 1.165) is 60.5 Å². The Labute approximate surface area is 210 Å². The summed E-state index contributed by atoms with van der Waals surface area (Å²) in [4.78, 5) is 19.2. The van der Waals surface area contributed by atoms with Gasteiger partial charge in [0.15, 0.2) is 11.6 Å². The minimum Gasteiger partial charge on any atom is -0.497 e. The zero-order valence-electron chi connectivity index (χ0n) is 20.4. The molecule has 3 heterocycles. The minimum absolute atomic E-state index is 0.0356. The van der Waals surface area contributed by atoms with Crippen LogP contribution in [0.1, 0.15) is 18.4 Å². The molecule has 184 valence electrons. The van der Waals surface area contributed by atoms with Crippen molar-refractivity contribution in [3.8, 4) is 5.75 Å². The average molecular weight is 483 g/mol. The van der Waals surface area contributed by atoms with Crippen molar-refractivity contribution in [2.45, 2.75) is 19.3 Å². The van der Waals surface area contributed by atoms with Crippen LogP contribution in [-0.2, 0) is 11.2 Å². The topological polar surface area (TPSA) is 92.3 Å². The lowest BCUT2D eigenvalue weighted by Gasteiger charge is -2.31. The number of ether oxygens (including phenoxy) is 1. The van der Waals surface area contributed by atoms with Gasteiger partial charge in [0.25, 0.3) is 0 Å². The van der Waals surface area contributed by atoms with E-state index in [-0.39, 0.29) is 11.8 Å². The maximum absolute atomic E-state index is 12.6. The molecule has 1 aliphatic rings. The standard InChI is InChI=1S/C28H30N6O2/c1-36-24-7-4-20(5-8-24)12-16-30-28(35)21-13-17-34(18-14-21)27-11-10-26(32-33-27)31-23-6-9-25-22(19-23)3-2-15-29-25/h2-11,15,19,21H,12-14,16-18H2,1H3,(H,30,35)(H,31,32). The molecule has 0 unspecified atom stereocenters. The highest BCUT2D eigenvalue weighted by molar-refractivity contribution is 5.83. The van der Waals surface area contributed by atoms with Crippen LogP contribution in [0.15, 0.2) is 72.9 Å². The van der Waals surface area contributed by atoms with E-state index in [0.29, 0.717) is 12.4 Å². The van der Waals surface area contributed by atoms with E-state index in [1.165, 1.54) is 5.56 Å². The molecule has 0 saturated carbocycles. The molecule has 2 aromatic heterocycles. The van der Waals surface area contributed by atoms with E-state index in [9.17, 15) is 4.79 Å². The smallest absolute Gasteiger partial charge is 0.223 e. The number of benzene rings is 2. The SMILES string of the molecule is COc1ccc(CCNC(=O)C2CCN(c3ccc(Nc4ccc5ncccc5c4)nn3)CC2)cc1. The van der Waals surface area contributed by atoms with Crippen LogP contribution in [0.3, 0.4) is 0 Å². The maximum atomic E-state index is 12.6. The third-order valence-corrected chi connectivity index (χ3v) is 6.59. The van der Waals surface area contributed by atoms with Crippen LogP contribution in [0.5, 0.6) is 5.75 Å². The number of piperidine rings is 1. The molecule has 1 saturated heterocycles. The molecular formula is C28H30N6O2. The summed E-state index contributed by atoms with van der Waals surface area (Å²) >= 11 is 0. The fourth-order valence-electron chi connectivity index (χ4n) is 4.50. The molecule has 1 fully saturated rings. The zero-order chi connectivity index (χ0) is 24.7. The van der Waals surface area contributed by atoms with Crippen molar-refractivity contribution in [3.63, 3.8) is 0 Å². The van der Waals surface area contributed by atoms with Gasteiger partial charge in [0.1, 0.15) is 5.75 Å². The number of carbonyl (C=O) groups is 1. The van der Waals surface area contributed by atoms with Crippen molar-refractivity contribution >= 4 is 34.1 Å². The number of methoxy groups -OCH3 is 1. The quantitative estimate of drug-likeness (QED) is 0.386. The van der Waals surface area contributed by atoms with Gasteiger partial charge in [0.05, 0.1) is 12.6 Å². The van der Waals surface area contributed by atoms with Crippen LogP contribution in [-0.4, -0.2) is 47.8 Å². The molecule has 0 radical (unpaired) electrons. The second kappa shape index (κ2) is 11.0. The predicted octanol–water partition coefficient (Wildman–Crippen LogP) is 4.35. The van der Waals surface area contributed by atoms with Crippen LogP contribution in [0, 0.1) is 5.92 Å². The lowest BCUT2D eigenvalue weighted by atomic mass is 9.96. The number of anilines is 3. The Kier molecular flexibility index (Phi) is 7.21. The Balaban J connectivity index is 1.08. The second-order valence-electron chi connectivity index (χ2n) is 8.96.